The second kappa shape index (κ2) is 5.31. The average molecular weight is 290 g/mol. The lowest BCUT2D eigenvalue weighted by molar-refractivity contribution is -0.125. The summed E-state index contributed by atoms with van der Waals surface area (Å²) >= 11 is 0. The average Bonchev–Trinajstić information content (AvgIpc) is 2.71. The normalized spacial score (nSPS) is 28.7. The van der Waals surface area contributed by atoms with Gasteiger partial charge in [-0.25, -0.2) is 0 Å². The Balaban J connectivity index is 1.89. The third-order valence-corrected chi connectivity index (χ3v) is 4.83. The minimum atomic E-state index is -1.05. The van der Waals surface area contributed by atoms with Gasteiger partial charge in [-0.2, -0.15) is 0 Å². The van der Waals surface area contributed by atoms with Crippen LogP contribution in [0.3, 0.4) is 0 Å². The molecular weight excluding hydrogens is 268 g/mol. The van der Waals surface area contributed by atoms with Crippen LogP contribution < -0.4 is 9.80 Å². The van der Waals surface area contributed by atoms with Crippen molar-refractivity contribution in [2.24, 2.45) is 0 Å². The Labute approximate surface area is 124 Å². The number of carbonyl (C=O) groups excluding carboxylic acids is 1. The Morgan fingerprint density at radius 3 is 2.67 bits per heavy atom. The summed E-state index contributed by atoms with van der Waals surface area (Å²) in [5, 5.41) is 20.1. The summed E-state index contributed by atoms with van der Waals surface area (Å²) in [6, 6.07) is 5.76. The van der Waals surface area contributed by atoms with Crippen LogP contribution in [0.4, 0.5) is 11.4 Å². The zero-order valence-corrected chi connectivity index (χ0v) is 12.5. The Morgan fingerprint density at radius 1 is 1.24 bits per heavy atom. The number of aliphatic hydroxyl groups is 2. The molecule has 1 aromatic carbocycles. The van der Waals surface area contributed by atoms with E-state index in [1.165, 1.54) is 4.90 Å². The molecule has 21 heavy (non-hydrogen) atoms. The van der Waals surface area contributed by atoms with Gasteiger partial charge in [0.2, 0.25) is 0 Å². The van der Waals surface area contributed by atoms with Crippen molar-refractivity contribution in [2.75, 3.05) is 23.9 Å². The fourth-order valence-corrected chi connectivity index (χ4v) is 3.44. The van der Waals surface area contributed by atoms with Gasteiger partial charge in [0.1, 0.15) is 0 Å². The molecule has 1 aromatic rings. The third kappa shape index (κ3) is 2.30. The Morgan fingerprint density at radius 2 is 1.95 bits per heavy atom. The molecule has 3 unspecified atom stereocenters. The predicted octanol–water partition coefficient (Wildman–Crippen LogP) is 1.44. The van der Waals surface area contributed by atoms with E-state index >= 15 is 0 Å². The van der Waals surface area contributed by atoms with Gasteiger partial charge in [-0.05, 0) is 25.0 Å². The number of fused-ring (bicyclic) bond motifs is 1. The van der Waals surface area contributed by atoms with Crippen LogP contribution in [0.1, 0.15) is 37.4 Å². The lowest BCUT2D eigenvalue weighted by Gasteiger charge is -2.37. The number of nitrogens with zero attached hydrogens (tertiary/aromatic N) is 2. The van der Waals surface area contributed by atoms with E-state index in [2.05, 4.69) is 4.90 Å². The molecule has 0 aromatic heterocycles. The molecule has 1 aliphatic carbocycles. The molecule has 1 aliphatic heterocycles. The molecule has 0 spiro atoms. The minimum absolute atomic E-state index is 0.115. The zero-order valence-electron chi connectivity index (χ0n) is 12.5. The molecule has 0 bridgehead atoms. The number of aliphatic hydroxyl groups excluding tert-OH is 2. The molecule has 0 saturated heterocycles. The van der Waals surface area contributed by atoms with Crippen LogP contribution in [0.15, 0.2) is 18.2 Å². The van der Waals surface area contributed by atoms with Gasteiger partial charge in [-0.1, -0.05) is 18.9 Å². The van der Waals surface area contributed by atoms with Crippen molar-refractivity contribution in [3.63, 3.8) is 0 Å². The van der Waals surface area contributed by atoms with Gasteiger partial charge in [0.15, 0.2) is 6.10 Å². The standard InChI is InChI=1S/C16H22N2O3/c1-17(12-5-3-4-6-14(12)19)10-7-8-11-13(9-10)18(2)16(21)15(11)20/h7-9,12,14-15,19-20H,3-6H2,1-2H3. The number of amides is 1. The number of hydrogen-bond acceptors (Lipinski definition) is 4. The van der Waals surface area contributed by atoms with Crippen LogP contribution in [-0.2, 0) is 4.79 Å². The molecule has 3 rings (SSSR count). The summed E-state index contributed by atoms with van der Waals surface area (Å²) in [5.74, 6) is -0.289. The topological polar surface area (TPSA) is 64.0 Å². The van der Waals surface area contributed by atoms with E-state index in [1.54, 1.807) is 7.05 Å². The number of rotatable bonds is 2. The Kier molecular flexibility index (Phi) is 3.63. The zero-order chi connectivity index (χ0) is 15.1. The van der Waals surface area contributed by atoms with Crippen molar-refractivity contribution in [3.8, 4) is 0 Å². The quantitative estimate of drug-likeness (QED) is 0.865. The van der Waals surface area contributed by atoms with Gasteiger partial charge >= 0.3 is 0 Å². The van der Waals surface area contributed by atoms with E-state index < -0.39 is 6.10 Å². The monoisotopic (exact) mass is 290 g/mol. The minimum Gasteiger partial charge on any atom is -0.391 e. The smallest absolute Gasteiger partial charge is 0.260 e. The molecule has 2 aliphatic rings. The molecule has 1 heterocycles. The highest BCUT2D eigenvalue weighted by molar-refractivity contribution is 6.03. The lowest BCUT2D eigenvalue weighted by atomic mass is 9.91. The van der Waals surface area contributed by atoms with Crippen molar-refractivity contribution in [3.05, 3.63) is 23.8 Å². The fraction of sp³-hybridized carbons (Fsp3) is 0.562. The van der Waals surface area contributed by atoms with Crippen molar-refractivity contribution in [2.45, 2.75) is 43.9 Å². The molecule has 5 nitrogen and oxygen atoms in total. The first kappa shape index (κ1) is 14.4. The summed E-state index contributed by atoms with van der Waals surface area (Å²) < 4.78 is 0. The third-order valence-electron chi connectivity index (χ3n) is 4.83. The van der Waals surface area contributed by atoms with Gasteiger partial charge in [0.25, 0.3) is 5.91 Å². The highest BCUT2D eigenvalue weighted by atomic mass is 16.3. The number of anilines is 2. The van der Waals surface area contributed by atoms with Gasteiger partial charge in [-0.15, -0.1) is 0 Å². The molecular formula is C16H22N2O3. The summed E-state index contributed by atoms with van der Waals surface area (Å²) in [7, 11) is 3.66. The molecule has 2 N–H and O–H groups in total. The molecule has 1 saturated carbocycles. The number of carbonyl (C=O) groups is 1. The fourth-order valence-electron chi connectivity index (χ4n) is 3.44. The Bertz CT molecular complexity index is 560. The van der Waals surface area contributed by atoms with Crippen molar-refractivity contribution < 1.29 is 15.0 Å². The summed E-state index contributed by atoms with van der Waals surface area (Å²) in [6.07, 6.45) is 2.68. The molecule has 114 valence electrons. The maximum Gasteiger partial charge on any atom is 0.260 e. The van der Waals surface area contributed by atoms with E-state index in [9.17, 15) is 15.0 Å². The van der Waals surface area contributed by atoms with Gasteiger partial charge in [0, 0.05) is 25.3 Å². The number of likely N-dealkylation sites (N-methyl/N-ethyl adjacent to an activating group) is 2. The van der Waals surface area contributed by atoms with E-state index in [-0.39, 0.29) is 18.1 Å². The second-order valence-electron chi connectivity index (χ2n) is 6.07. The van der Waals surface area contributed by atoms with Gasteiger partial charge in [0.05, 0.1) is 17.8 Å². The van der Waals surface area contributed by atoms with Gasteiger partial charge in [-0.3, -0.25) is 4.79 Å². The van der Waals surface area contributed by atoms with Crippen LogP contribution in [0.25, 0.3) is 0 Å². The van der Waals surface area contributed by atoms with Crippen molar-refractivity contribution in [1.29, 1.82) is 0 Å². The largest absolute Gasteiger partial charge is 0.391 e. The number of hydrogen-bond donors (Lipinski definition) is 2. The Hall–Kier alpha value is -1.59. The van der Waals surface area contributed by atoms with Crippen LogP contribution >= 0.6 is 0 Å². The van der Waals surface area contributed by atoms with E-state index in [0.717, 1.165) is 37.1 Å². The summed E-state index contributed by atoms with van der Waals surface area (Å²) in [6.45, 7) is 0. The predicted molar refractivity (Wildman–Crippen MR) is 81.5 cm³/mol. The van der Waals surface area contributed by atoms with Crippen molar-refractivity contribution >= 4 is 17.3 Å². The second-order valence-corrected chi connectivity index (χ2v) is 6.07. The van der Waals surface area contributed by atoms with Crippen LogP contribution in [-0.4, -0.2) is 42.4 Å². The summed E-state index contributed by atoms with van der Waals surface area (Å²) in [5.41, 5.74) is 2.37. The number of benzene rings is 1. The maximum absolute atomic E-state index is 11.8. The van der Waals surface area contributed by atoms with Crippen LogP contribution in [0.2, 0.25) is 0 Å². The van der Waals surface area contributed by atoms with Crippen molar-refractivity contribution in [1.82, 2.24) is 0 Å². The van der Waals surface area contributed by atoms with E-state index in [1.807, 2.05) is 25.2 Å². The molecule has 1 fully saturated rings. The summed E-state index contributed by atoms with van der Waals surface area (Å²) in [4.78, 5) is 15.4. The van der Waals surface area contributed by atoms with E-state index in [0.29, 0.717) is 5.56 Å². The van der Waals surface area contributed by atoms with Gasteiger partial charge < -0.3 is 20.0 Å². The first-order chi connectivity index (χ1) is 10.0. The highest BCUT2D eigenvalue weighted by Gasteiger charge is 2.34. The van der Waals surface area contributed by atoms with Crippen LogP contribution in [0.5, 0.6) is 0 Å². The SMILES string of the molecule is CN1C(=O)C(O)c2ccc(N(C)C3CCCCC3O)cc21. The molecule has 3 atom stereocenters. The highest BCUT2D eigenvalue weighted by Crippen LogP contribution is 2.38. The first-order valence-electron chi connectivity index (χ1n) is 7.51. The molecule has 5 heteroatoms. The van der Waals surface area contributed by atoms with Crippen LogP contribution in [0, 0.1) is 0 Å². The lowest BCUT2D eigenvalue weighted by Crippen LogP contribution is -2.43. The molecule has 0 radical (unpaired) electrons. The first-order valence-corrected chi connectivity index (χ1v) is 7.51. The molecule has 1 amide bonds. The maximum atomic E-state index is 11.8. The van der Waals surface area contributed by atoms with E-state index in [4.69, 9.17) is 0 Å².